The van der Waals surface area contributed by atoms with Gasteiger partial charge in [-0.3, -0.25) is 0 Å². The van der Waals surface area contributed by atoms with Crippen molar-refractivity contribution in [3.05, 3.63) is 37.1 Å². The van der Waals surface area contributed by atoms with Crippen LogP contribution in [0.1, 0.15) is 67.7 Å². The first-order chi connectivity index (χ1) is 10.4. The van der Waals surface area contributed by atoms with E-state index in [2.05, 4.69) is 63.2 Å². The molecule has 0 amide bonds. The maximum Gasteiger partial charge on any atom is 0.128 e. The number of pyridine rings is 1. The van der Waals surface area contributed by atoms with E-state index >= 15 is 0 Å². The van der Waals surface area contributed by atoms with Crippen LogP contribution >= 0.6 is 0 Å². The van der Waals surface area contributed by atoms with Gasteiger partial charge in [-0.15, -0.1) is 6.58 Å². The summed E-state index contributed by atoms with van der Waals surface area (Å²) in [5.74, 6) is 1.11. The van der Waals surface area contributed by atoms with Crippen LogP contribution in [0.2, 0.25) is 0 Å². The molecule has 0 atom stereocenters. The maximum absolute atomic E-state index is 4.38. The lowest BCUT2D eigenvalue weighted by Crippen LogP contribution is -2.25. The van der Waals surface area contributed by atoms with Crippen LogP contribution in [0.15, 0.2) is 37.1 Å². The summed E-state index contributed by atoms with van der Waals surface area (Å²) in [6.45, 7) is 20.7. The maximum atomic E-state index is 4.38. The lowest BCUT2D eigenvalue weighted by molar-refractivity contribution is 0.546. The number of allylic oxidation sites excluding steroid dienone is 1. The van der Waals surface area contributed by atoms with E-state index in [9.17, 15) is 0 Å². The molecule has 1 aromatic rings. The highest BCUT2D eigenvalue weighted by atomic mass is 15.2. The molecule has 128 valence electrons. The van der Waals surface area contributed by atoms with E-state index in [0.717, 1.165) is 18.9 Å². The summed E-state index contributed by atoms with van der Waals surface area (Å²) in [6, 6.07) is 6.11. The zero-order valence-corrected chi connectivity index (χ0v) is 16.0. The van der Waals surface area contributed by atoms with E-state index in [1.54, 1.807) is 0 Å². The summed E-state index contributed by atoms with van der Waals surface area (Å²) >= 11 is 0. The molecule has 0 saturated carbocycles. The molecular formula is C20H38N2. The molecule has 0 spiro atoms. The predicted octanol–water partition coefficient (Wildman–Crippen LogP) is 6.34. The fourth-order valence-corrected chi connectivity index (χ4v) is 1.50. The molecule has 0 aliphatic carbocycles. The third-order valence-corrected chi connectivity index (χ3v) is 2.86. The van der Waals surface area contributed by atoms with Gasteiger partial charge >= 0.3 is 0 Å². The summed E-state index contributed by atoms with van der Waals surface area (Å²) in [5.41, 5.74) is 0.306. The average molecular weight is 307 g/mol. The van der Waals surface area contributed by atoms with E-state index < -0.39 is 0 Å². The smallest absolute Gasteiger partial charge is 0.128 e. The number of aromatic nitrogens is 1. The normalized spacial score (nSPS) is 9.77. The Kier molecular flexibility index (Phi) is 15.3. The molecule has 1 aromatic heterocycles. The SMILES string of the molecule is C=CC(C)(C)C.CC.CCCCN(CCC)c1ccccn1. The molecule has 0 bridgehead atoms. The van der Waals surface area contributed by atoms with Gasteiger partial charge in [0.1, 0.15) is 5.82 Å². The van der Waals surface area contributed by atoms with Gasteiger partial charge in [-0.05, 0) is 30.4 Å². The minimum atomic E-state index is 0.306. The number of hydrogen-bond acceptors (Lipinski definition) is 2. The number of nitrogens with zero attached hydrogens (tertiary/aromatic N) is 2. The Morgan fingerprint density at radius 2 is 1.68 bits per heavy atom. The Labute approximate surface area is 139 Å². The molecule has 2 nitrogen and oxygen atoms in total. The summed E-state index contributed by atoms with van der Waals surface area (Å²) < 4.78 is 0. The molecular weight excluding hydrogens is 268 g/mol. The van der Waals surface area contributed by atoms with Crippen LogP contribution in [0.4, 0.5) is 5.82 Å². The lowest BCUT2D eigenvalue weighted by atomic mass is 9.98. The van der Waals surface area contributed by atoms with E-state index in [1.165, 1.54) is 19.3 Å². The summed E-state index contributed by atoms with van der Waals surface area (Å²) in [7, 11) is 0. The first-order valence-electron chi connectivity index (χ1n) is 8.74. The Bertz CT molecular complexity index is 338. The topological polar surface area (TPSA) is 16.1 Å². The molecule has 0 unspecified atom stereocenters. The van der Waals surface area contributed by atoms with Crippen molar-refractivity contribution in [1.82, 2.24) is 4.98 Å². The Morgan fingerprint density at radius 3 is 2.05 bits per heavy atom. The molecule has 0 aliphatic rings. The number of anilines is 1. The molecule has 1 rings (SSSR count). The molecule has 1 heterocycles. The molecule has 0 fully saturated rings. The zero-order valence-electron chi connectivity index (χ0n) is 16.0. The van der Waals surface area contributed by atoms with Crippen molar-refractivity contribution in [2.75, 3.05) is 18.0 Å². The van der Waals surface area contributed by atoms with Gasteiger partial charge in [-0.1, -0.05) is 67.0 Å². The number of rotatable bonds is 6. The van der Waals surface area contributed by atoms with E-state index in [1.807, 2.05) is 32.2 Å². The van der Waals surface area contributed by atoms with Crippen LogP contribution in [-0.2, 0) is 0 Å². The average Bonchev–Trinajstić information content (AvgIpc) is 2.54. The van der Waals surface area contributed by atoms with E-state index in [-0.39, 0.29) is 0 Å². The van der Waals surface area contributed by atoms with E-state index in [4.69, 9.17) is 0 Å². The predicted molar refractivity (Wildman–Crippen MR) is 103 cm³/mol. The molecule has 0 N–H and O–H groups in total. The summed E-state index contributed by atoms with van der Waals surface area (Å²) in [6.07, 6.45) is 7.47. The number of hydrogen-bond donors (Lipinski definition) is 0. The van der Waals surface area contributed by atoms with Crippen LogP contribution in [0, 0.1) is 5.41 Å². The molecule has 0 aromatic carbocycles. The van der Waals surface area contributed by atoms with Gasteiger partial charge in [0.25, 0.3) is 0 Å². The van der Waals surface area contributed by atoms with Crippen LogP contribution in [0.3, 0.4) is 0 Å². The van der Waals surface area contributed by atoms with Crippen molar-refractivity contribution in [3.8, 4) is 0 Å². The Balaban J connectivity index is 0. The Morgan fingerprint density at radius 1 is 1.09 bits per heavy atom. The van der Waals surface area contributed by atoms with Gasteiger partial charge in [0.15, 0.2) is 0 Å². The van der Waals surface area contributed by atoms with Crippen molar-refractivity contribution in [2.24, 2.45) is 5.41 Å². The van der Waals surface area contributed by atoms with Gasteiger partial charge < -0.3 is 4.90 Å². The first kappa shape index (κ1) is 23.0. The van der Waals surface area contributed by atoms with Crippen molar-refractivity contribution in [2.45, 2.75) is 67.7 Å². The molecule has 22 heavy (non-hydrogen) atoms. The monoisotopic (exact) mass is 306 g/mol. The van der Waals surface area contributed by atoms with Crippen LogP contribution in [-0.4, -0.2) is 18.1 Å². The first-order valence-corrected chi connectivity index (χ1v) is 8.74. The third-order valence-electron chi connectivity index (χ3n) is 2.86. The van der Waals surface area contributed by atoms with Gasteiger partial charge in [0.2, 0.25) is 0 Å². The highest BCUT2D eigenvalue weighted by Gasteiger charge is 2.04. The van der Waals surface area contributed by atoms with E-state index in [0.29, 0.717) is 5.41 Å². The second-order valence-electron chi connectivity index (χ2n) is 6.10. The van der Waals surface area contributed by atoms with Crippen LogP contribution < -0.4 is 4.90 Å². The minimum Gasteiger partial charge on any atom is -0.357 e. The fraction of sp³-hybridized carbons (Fsp3) is 0.650. The van der Waals surface area contributed by atoms with Gasteiger partial charge in [-0.2, -0.15) is 0 Å². The molecule has 0 saturated heterocycles. The largest absolute Gasteiger partial charge is 0.357 e. The van der Waals surface area contributed by atoms with Crippen molar-refractivity contribution in [3.63, 3.8) is 0 Å². The zero-order chi connectivity index (χ0) is 17.4. The molecule has 0 aliphatic heterocycles. The summed E-state index contributed by atoms with van der Waals surface area (Å²) in [4.78, 5) is 6.74. The van der Waals surface area contributed by atoms with Gasteiger partial charge in [0.05, 0.1) is 0 Å². The standard InChI is InChI=1S/C12H20N2.C6H12.C2H6/c1-3-5-11-14(10-4-2)12-8-6-7-9-13-12;1-5-6(2,3)4;1-2/h6-9H,3-5,10-11H2,1-2H3;5H,1H2,2-4H3;1-2H3. The minimum absolute atomic E-state index is 0.306. The fourth-order valence-electron chi connectivity index (χ4n) is 1.50. The Hall–Kier alpha value is -1.31. The molecule has 2 heteroatoms. The number of unbranched alkanes of at least 4 members (excludes halogenated alkanes) is 1. The van der Waals surface area contributed by atoms with Crippen molar-refractivity contribution < 1.29 is 0 Å². The van der Waals surface area contributed by atoms with Crippen LogP contribution in [0.5, 0.6) is 0 Å². The van der Waals surface area contributed by atoms with Crippen LogP contribution in [0.25, 0.3) is 0 Å². The second kappa shape index (κ2) is 14.6. The third kappa shape index (κ3) is 13.7. The quantitative estimate of drug-likeness (QED) is 0.570. The second-order valence-corrected chi connectivity index (χ2v) is 6.10. The van der Waals surface area contributed by atoms with Gasteiger partial charge in [0, 0.05) is 19.3 Å². The highest BCUT2D eigenvalue weighted by molar-refractivity contribution is 5.37. The summed E-state index contributed by atoms with van der Waals surface area (Å²) in [5, 5.41) is 0. The van der Waals surface area contributed by atoms with Crippen molar-refractivity contribution >= 4 is 5.82 Å². The molecule has 0 radical (unpaired) electrons. The lowest BCUT2D eigenvalue weighted by Gasteiger charge is -2.22. The highest BCUT2D eigenvalue weighted by Crippen LogP contribution is 2.12. The van der Waals surface area contributed by atoms with Crippen molar-refractivity contribution in [1.29, 1.82) is 0 Å². The van der Waals surface area contributed by atoms with Gasteiger partial charge in [-0.25, -0.2) is 4.98 Å².